The van der Waals surface area contributed by atoms with Crippen molar-refractivity contribution in [3.63, 3.8) is 0 Å². The molecule has 0 atom stereocenters. The maximum atomic E-state index is 13.0. The molecule has 0 bridgehead atoms. The first-order valence-corrected chi connectivity index (χ1v) is 8.82. The monoisotopic (exact) mass is 344 g/mol. The van der Waals surface area contributed by atoms with Crippen LogP contribution in [-0.2, 0) is 14.1 Å². The number of pyridine rings is 1. The van der Waals surface area contributed by atoms with Gasteiger partial charge in [0, 0.05) is 32.9 Å². The number of fused-ring (bicyclic) bond motifs is 1. The molecule has 0 N–H and O–H groups in total. The van der Waals surface area contributed by atoms with Gasteiger partial charge in [0.1, 0.15) is 5.65 Å². The number of hydrogen-bond donors (Lipinski definition) is 0. The molecule has 3 rings (SSSR count). The molecule has 2 aromatic rings. The Morgan fingerprint density at radius 1 is 1.20 bits per heavy atom. The first kappa shape index (κ1) is 17.4. The summed E-state index contributed by atoms with van der Waals surface area (Å²) in [6, 6.07) is 1.82. The highest BCUT2D eigenvalue weighted by Gasteiger charge is 2.25. The number of carbonyl (C=O) groups excluding carboxylic acids is 1. The van der Waals surface area contributed by atoms with Crippen LogP contribution in [0.5, 0.6) is 0 Å². The summed E-state index contributed by atoms with van der Waals surface area (Å²) in [5.74, 6) is -0.0975. The highest BCUT2D eigenvalue weighted by molar-refractivity contribution is 5.96. The van der Waals surface area contributed by atoms with Crippen LogP contribution in [0.15, 0.2) is 21.9 Å². The van der Waals surface area contributed by atoms with Gasteiger partial charge in [-0.3, -0.25) is 18.7 Å². The lowest BCUT2D eigenvalue weighted by Gasteiger charge is -2.33. The molecular weight excluding hydrogens is 320 g/mol. The highest BCUT2D eigenvalue weighted by Crippen LogP contribution is 2.24. The molecule has 7 nitrogen and oxygen atoms in total. The molecule has 134 valence electrons. The van der Waals surface area contributed by atoms with Gasteiger partial charge in [0.2, 0.25) is 0 Å². The minimum absolute atomic E-state index is 0.0975. The summed E-state index contributed by atoms with van der Waals surface area (Å²) in [5.41, 5.74) is -0.163. The van der Waals surface area contributed by atoms with Crippen molar-refractivity contribution >= 4 is 16.9 Å². The van der Waals surface area contributed by atoms with Gasteiger partial charge >= 0.3 is 5.69 Å². The summed E-state index contributed by atoms with van der Waals surface area (Å²) >= 11 is 0. The van der Waals surface area contributed by atoms with Crippen molar-refractivity contribution in [1.82, 2.24) is 19.0 Å². The van der Waals surface area contributed by atoms with Crippen molar-refractivity contribution in [2.45, 2.75) is 45.1 Å². The van der Waals surface area contributed by atoms with Crippen LogP contribution >= 0.6 is 0 Å². The molecule has 0 spiro atoms. The smallest absolute Gasteiger partial charge is 0.332 e. The summed E-state index contributed by atoms with van der Waals surface area (Å²) < 4.78 is 2.36. The zero-order valence-corrected chi connectivity index (χ0v) is 15.0. The van der Waals surface area contributed by atoms with Gasteiger partial charge in [-0.15, -0.1) is 0 Å². The molecule has 0 saturated heterocycles. The van der Waals surface area contributed by atoms with Crippen LogP contribution in [0.25, 0.3) is 11.0 Å². The van der Waals surface area contributed by atoms with E-state index in [0.29, 0.717) is 17.8 Å². The van der Waals surface area contributed by atoms with E-state index in [9.17, 15) is 14.4 Å². The van der Waals surface area contributed by atoms with Crippen molar-refractivity contribution in [3.8, 4) is 0 Å². The third-order valence-electron chi connectivity index (χ3n) is 5.16. The summed E-state index contributed by atoms with van der Waals surface area (Å²) in [4.78, 5) is 43.5. The lowest BCUT2D eigenvalue weighted by atomic mass is 9.94. The van der Waals surface area contributed by atoms with Crippen LogP contribution in [0.1, 0.15) is 49.4 Å². The fourth-order valence-electron chi connectivity index (χ4n) is 3.71. The number of aromatic nitrogens is 3. The maximum Gasteiger partial charge on any atom is 0.332 e. The Balaban J connectivity index is 2.05. The van der Waals surface area contributed by atoms with Crippen LogP contribution in [0.3, 0.4) is 0 Å². The molecule has 0 unspecified atom stereocenters. The minimum atomic E-state index is -0.430. The second-order valence-corrected chi connectivity index (χ2v) is 6.68. The Morgan fingerprint density at radius 3 is 2.52 bits per heavy atom. The van der Waals surface area contributed by atoms with E-state index in [-0.39, 0.29) is 17.3 Å². The Kier molecular flexibility index (Phi) is 4.74. The topological polar surface area (TPSA) is 77.2 Å². The number of aryl methyl sites for hydroxylation is 1. The van der Waals surface area contributed by atoms with E-state index in [1.54, 1.807) is 13.1 Å². The van der Waals surface area contributed by atoms with Crippen molar-refractivity contribution in [2.75, 3.05) is 6.54 Å². The van der Waals surface area contributed by atoms with E-state index in [2.05, 4.69) is 4.98 Å². The Hall–Kier alpha value is -2.44. The Labute approximate surface area is 145 Å². The minimum Gasteiger partial charge on any atom is -0.336 e. The molecule has 1 saturated carbocycles. The summed E-state index contributed by atoms with van der Waals surface area (Å²) in [6.07, 6.45) is 7.03. The molecule has 1 fully saturated rings. The SMILES string of the molecule is CCN(C(=O)c1cnc2c(c1)c(=O)n(C)c(=O)n2C)C1CCCCC1. The standard InChI is InChI=1S/C18H24N4O3/c1-4-22(13-8-6-5-7-9-13)16(23)12-10-14-15(19-11-12)20(2)18(25)21(3)17(14)24/h10-11,13H,4-9H2,1-3H3. The number of rotatable bonds is 3. The van der Waals surface area contributed by atoms with Crippen LogP contribution < -0.4 is 11.2 Å². The average molecular weight is 344 g/mol. The lowest BCUT2D eigenvalue weighted by molar-refractivity contribution is 0.0647. The van der Waals surface area contributed by atoms with Crippen LogP contribution in [0.4, 0.5) is 0 Å². The zero-order valence-electron chi connectivity index (χ0n) is 15.0. The predicted molar refractivity (Wildman–Crippen MR) is 95.8 cm³/mol. The van der Waals surface area contributed by atoms with Crippen LogP contribution in [-0.4, -0.2) is 37.5 Å². The molecule has 1 aliphatic carbocycles. The third kappa shape index (κ3) is 2.99. The molecule has 1 amide bonds. The van der Waals surface area contributed by atoms with Gasteiger partial charge in [0.05, 0.1) is 10.9 Å². The lowest BCUT2D eigenvalue weighted by Crippen LogP contribution is -2.41. The molecule has 0 radical (unpaired) electrons. The zero-order chi connectivity index (χ0) is 18.1. The molecule has 25 heavy (non-hydrogen) atoms. The number of amides is 1. The highest BCUT2D eigenvalue weighted by atomic mass is 16.2. The molecule has 1 aliphatic rings. The fraction of sp³-hybridized carbons (Fsp3) is 0.556. The van der Waals surface area contributed by atoms with Gasteiger partial charge < -0.3 is 4.90 Å². The van der Waals surface area contributed by atoms with E-state index >= 15 is 0 Å². The molecule has 7 heteroatoms. The van der Waals surface area contributed by atoms with Gasteiger partial charge in [0.15, 0.2) is 0 Å². The van der Waals surface area contributed by atoms with E-state index < -0.39 is 11.2 Å². The third-order valence-corrected chi connectivity index (χ3v) is 5.16. The van der Waals surface area contributed by atoms with Crippen molar-refractivity contribution in [1.29, 1.82) is 0 Å². The predicted octanol–water partition coefficient (Wildman–Crippen LogP) is 1.43. The Morgan fingerprint density at radius 2 is 1.88 bits per heavy atom. The molecular formula is C18H24N4O3. The van der Waals surface area contributed by atoms with Crippen LogP contribution in [0, 0.1) is 0 Å². The van der Waals surface area contributed by atoms with E-state index in [0.717, 1.165) is 30.3 Å². The van der Waals surface area contributed by atoms with Crippen LogP contribution in [0.2, 0.25) is 0 Å². The van der Waals surface area contributed by atoms with Gasteiger partial charge in [-0.05, 0) is 25.8 Å². The number of nitrogens with zero attached hydrogens (tertiary/aromatic N) is 4. The fourth-order valence-corrected chi connectivity index (χ4v) is 3.71. The maximum absolute atomic E-state index is 13.0. The van der Waals surface area contributed by atoms with Crippen molar-refractivity contribution in [2.24, 2.45) is 14.1 Å². The van der Waals surface area contributed by atoms with Gasteiger partial charge in [-0.2, -0.15) is 0 Å². The number of carbonyl (C=O) groups is 1. The summed E-state index contributed by atoms with van der Waals surface area (Å²) in [6.45, 7) is 2.61. The van der Waals surface area contributed by atoms with Crippen molar-refractivity contribution in [3.05, 3.63) is 38.7 Å². The first-order chi connectivity index (χ1) is 12.0. The van der Waals surface area contributed by atoms with E-state index in [1.807, 2.05) is 11.8 Å². The second-order valence-electron chi connectivity index (χ2n) is 6.68. The normalized spacial score (nSPS) is 15.5. The van der Waals surface area contributed by atoms with Gasteiger partial charge in [0.25, 0.3) is 11.5 Å². The molecule has 2 heterocycles. The largest absolute Gasteiger partial charge is 0.336 e. The van der Waals surface area contributed by atoms with Gasteiger partial charge in [-0.1, -0.05) is 19.3 Å². The molecule has 2 aromatic heterocycles. The summed E-state index contributed by atoms with van der Waals surface area (Å²) in [7, 11) is 3.00. The van der Waals surface area contributed by atoms with Crippen molar-refractivity contribution < 1.29 is 4.79 Å². The average Bonchev–Trinajstić information content (AvgIpc) is 2.65. The van der Waals surface area contributed by atoms with E-state index in [1.165, 1.54) is 24.2 Å². The summed E-state index contributed by atoms with van der Waals surface area (Å²) in [5, 5.41) is 0.287. The molecule has 0 aromatic carbocycles. The quantitative estimate of drug-likeness (QED) is 0.844. The Bertz CT molecular complexity index is 922. The first-order valence-electron chi connectivity index (χ1n) is 8.82. The molecule has 0 aliphatic heterocycles. The number of hydrogen-bond acceptors (Lipinski definition) is 4. The van der Waals surface area contributed by atoms with E-state index in [4.69, 9.17) is 0 Å². The second kappa shape index (κ2) is 6.82. The van der Waals surface area contributed by atoms with Gasteiger partial charge in [-0.25, -0.2) is 9.78 Å².